The Bertz CT molecular complexity index is 961. The normalized spacial score (nSPS) is 12.6. The molecule has 0 saturated carbocycles. The predicted molar refractivity (Wildman–Crippen MR) is 104 cm³/mol. The Morgan fingerprint density at radius 2 is 1.74 bits per heavy atom. The summed E-state index contributed by atoms with van der Waals surface area (Å²) in [6.45, 7) is 5.40. The lowest BCUT2D eigenvalue weighted by atomic mass is 10.1. The molecule has 6 nitrogen and oxygen atoms in total. The van der Waals surface area contributed by atoms with Crippen molar-refractivity contribution in [3.63, 3.8) is 0 Å². The number of nitriles is 1. The maximum atomic E-state index is 12.6. The summed E-state index contributed by atoms with van der Waals surface area (Å²) in [4.78, 5) is 12.6. The molecule has 2 aromatic carbocycles. The van der Waals surface area contributed by atoms with Gasteiger partial charge in [0.15, 0.2) is 0 Å². The highest BCUT2D eigenvalue weighted by Gasteiger charge is 2.24. The molecule has 0 heterocycles. The average Bonchev–Trinajstić information content (AvgIpc) is 2.67. The molecule has 0 fully saturated rings. The quantitative estimate of drug-likeness (QED) is 0.827. The number of sulfonamides is 1. The zero-order valence-electron chi connectivity index (χ0n) is 15.8. The number of carbonyl (C=O) groups excluding carboxylic acids is 1. The molecule has 1 N–H and O–H groups in total. The third kappa shape index (κ3) is 4.73. The Morgan fingerprint density at radius 3 is 2.30 bits per heavy atom. The Balaban J connectivity index is 2.21. The second kappa shape index (κ2) is 8.33. The fraction of sp³-hybridized carbons (Fsp3) is 0.300. The lowest BCUT2D eigenvalue weighted by Gasteiger charge is -2.21. The highest BCUT2D eigenvalue weighted by Crippen LogP contribution is 2.19. The van der Waals surface area contributed by atoms with Crippen molar-refractivity contribution >= 4 is 15.9 Å². The van der Waals surface area contributed by atoms with Gasteiger partial charge in [-0.1, -0.05) is 18.2 Å². The molecule has 0 bridgehead atoms. The summed E-state index contributed by atoms with van der Waals surface area (Å²) >= 11 is 0. The van der Waals surface area contributed by atoms with Gasteiger partial charge in [-0.3, -0.25) is 4.79 Å². The number of nitrogens with one attached hydrogen (secondary N) is 1. The maximum Gasteiger partial charge on any atom is 0.251 e. The molecule has 2 aromatic rings. The molecule has 0 aliphatic carbocycles. The third-order valence-corrected chi connectivity index (χ3v) is 6.42. The van der Waals surface area contributed by atoms with Crippen LogP contribution in [0, 0.1) is 11.3 Å². The Morgan fingerprint density at radius 1 is 1.11 bits per heavy atom. The Labute approximate surface area is 160 Å². The number of hydrogen-bond acceptors (Lipinski definition) is 4. The molecule has 0 aromatic heterocycles. The van der Waals surface area contributed by atoms with Crippen molar-refractivity contribution in [1.82, 2.24) is 9.62 Å². The highest BCUT2D eigenvalue weighted by molar-refractivity contribution is 7.89. The Kier molecular flexibility index (Phi) is 6.37. The topological polar surface area (TPSA) is 90.3 Å². The number of carbonyl (C=O) groups is 1. The van der Waals surface area contributed by atoms with Crippen molar-refractivity contribution in [3.8, 4) is 6.07 Å². The molecule has 1 unspecified atom stereocenters. The van der Waals surface area contributed by atoms with Crippen molar-refractivity contribution in [2.75, 3.05) is 7.05 Å². The summed E-state index contributed by atoms with van der Waals surface area (Å²) in [7, 11) is -2.15. The smallest absolute Gasteiger partial charge is 0.251 e. The van der Waals surface area contributed by atoms with Gasteiger partial charge in [0.1, 0.15) is 0 Å². The van der Waals surface area contributed by atoms with Gasteiger partial charge in [0, 0.05) is 18.7 Å². The van der Waals surface area contributed by atoms with Crippen LogP contribution in [0.3, 0.4) is 0 Å². The van der Waals surface area contributed by atoms with Crippen molar-refractivity contribution in [2.24, 2.45) is 0 Å². The highest BCUT2D eigenvalue weighted by atomic mass is 32.2. The molecule has 0 saturated heterocycles. The first-order valence-electron chi connectivity index (χ1n) is 8.56. The average molecular weight is 385 g/mol. The summed E-state index contributed by atoms with van der Waals surface area (Å²) in [6, 6.07) is 14.5. The second-order valence-electron chi connectivity index (χ2n) is 6.57. The summed E-state index contributed by atoms with van der Waals surface area (Å²) < 4.78 is 26.5. The fourth-order valence-corrected chi connectivity index (χ4v) is 3.87. The zero-order valence-corrected chi connectivity index (χ0v) is 16.6. The number of rotatable bonds is 6. The van der Waals surface area contributed by atoms with Gasteiger partial charge in [-0.05, 0) is 56.7 Å². The molecule has 27 heavy (non-hydrogen) atoms. The molecular formula is C20H23N3O3S. The van der Waals surface area contributed by atoms with E-state index in [-0.39, 0.29) is 28.4 Å². The van der Waals surface area contributed by atoms with E-state index in [9.17, 15) is 13.2 Å². The van der Waals surface area contributed by atoms with Crippen LogP contribution in [-0.4, -0.2) is 31.7 Å². The number of hydrogen-bond donors (Lipinski definition) is 1. The predicted octanol–water partition coefficient (Wildman–Crippen LogP) is 3.08. The van der Waals surface area contributed by atoms with Crippen LogP contribution in [0.2, 0.25) is 0 Å². The van der Waals surface area contributed by atoms with Gasteiger partial charge < -0.3 is 5.32 Å². The molecule has 142 valence electrons. The second-order valence-corrected chi connectivity index (χ2v) is 8.57. The SMILES string of the molecule is CC(NC(=O)c1cccc(S(=O)(=O)N(C)C(C)C)c1)c1ccc(C#N)cc1. The third-order valence-electron chi connectivity index (χ3n) is 4.39. The van der Waals surface area contributed by atoms with Gasteiger partial charge in [-0.2, -0.15) is 9.57 Å². The van der Waals surface area contributed by atoms with Crippen LogP contribution < -0.4 is 5.32 Å². The van der Waals surface area contributed by atoms with Crippen molar-refractivity contribution in [1.29, 1.82) is 5.26 Å². The van der Waals surface area contributed by atoms with E-state index in [1.807, 2.05) is 13.0 Å². The minimum Gasteiger partial charge on any atom is -0.346 e. The molecule has 7 heteroatoms. The summed E-state index contributed by atoms with van der Waals surface area (Å²) in [5.41, 5.74) is 1.67. The van der Waals surface area contributed by atoms with Crippen LogP contribution >= 0.6 is 0 Å². The molecule has 1 atom stereocenters. The monoisotopic (exact) mass is 385 g/mol. The molecule has 0 aliphatic rings. The van der Waals surface area contributed by atoms with E-state index < -0.39 is 10.0 Å². The maximum absolute atomic E-state index is 12.6. The van der Waals surface area contributed by atoms with Crippen LogP contribution in [0.1, 0.15) is 48.3 Å². The van der Waals surface area contributed by atoms with E-state index in [1.165, 1.54) is 23.5 Å². The van der Waals surface area contributed by atoms with E-state index in [2.05, 4.69) is 5.32 Å². The van der Waals surface area contributed by atoms with E-state index in [0.717, 1.165) is 5.56 Å². The summed E-state index contributed by atoms with van der Waals surface area (Å²) in [5, 5.41) is 11.7. The minimum absolute atomic E-state index is 0.0809. The van der Waals surface area contributed by atoms with Crippen LogP contribution in [0.25, 0.3) is 0 Å². The molecule has 0 aliphatic heterocycles. The van der Waals surface area contributed by atoms with Gasteiger partial charge in [0.25, 0.3) is 5.91 Å². The molecule has 2 rings (SSSR count). The largest absolute Gasteiger partial charge is 0.346 e. The van der Waals surface area contributed by atoms with Gasteiger partial charge in [0.05, 0.1) is 22.6 Å². The zero-order chi connectivity index (χ0) is 20.2. The van der Waals surface area contributed by atoms with Gasteiger partial charge in [0.2, 0.25) is 10.0 Å². The number of benzene rings is 2. The molecular weight excluding hydrogens is 362 g/mol. The van der Waals surface area contributed by atoms with E-state index in [1.54, 1.807) is 50.2 Å². The van der Waals surface area contributed by atoms with E-state index in [0.29, 0.717) is 5.56 Å². The first-order valence-corrected chi connectivity index (χ1v) is 10.00. The minimum atomic E-state index is -3.66. The number of amides is 1. The summed E-state index contributed by atoms with van der Waals surface area (Å²) in [6.07, 6.45) is 0. The van der Waals surface area contributed by atoms with Crippen molar-refractivity contribution in [2.45, 2.75) is 37.8 Å². The molecule has 1 amide bonds. The molecule has 0 spiro atoms. The van der Waals surface area contributed by atoms with Gasteiger partial charge >= 0.3 is 0 Å². The van der Waals surface area contributed by atoms with Gasteiger partial charge in [-0.15, -0.1) is 0 Å². The lowest BCUT2D eigenvalue weighted by Crippen LogP contribution is -2.33. The van der Waals surface area contributed by atoms with Crippen LogP contribution in [0.4, 0.5) is 0 Å². The van der Waals surface area contributed by atoms with Gasteiger partial charge in [-0.25, -0.2) is 8.42 Å². The lowest BCUT2D eigenvalue weighted by molar-refractivity contribution is 0.0939. The standard InChI is InChI=1S/C20H23N3O3S/c1-14(2)23(4)27(25,26)19-7-5-6-18(12-19)20(24)22-15(3)17-10-8-16(13-21)9-11-17/h5-12,14-15H,1-4H3,(H,22,24). The first-order chi connectivity index (χ1) is 12.7. The molecule has 0 radical (unpaired) electrons. The van der Waals surface area contributed by atoms with Crippen molar-refractivity contribution < 1.29 is 13.2 Å². The number of nitrogens with zero attached hydrogens (tertiary/aromatic N) is 2. The first kappa shape index (κ1) is 20.6. The van der Waals surface area contributed by atoms with Crippen LogP contribution in [0.5, 0.6) is 0 Å². The van der Waals surface area contributed by atoms with Crippen LogP contribution in [0.15, 0.2) is 53.4 Å². The fourth-order valence-electron chi connectivity index (χ4n) is 2.45. The van der Waals surface area contributed by atoms with Crippen molar-refractivity contribution in [3.05, 3.63) is 65.2 Å². The van der Waals surface area contributed by atoms with Crippen LogP contribution in [-0.2, 0) is 10.0 Å². The summed E-state index contributed by atoms with van der Waals surface area (Å²) in [5.74, 6) is -0.365. The van der Waals surface area contributed by atoms with E-state index >= 15 is 0 Å². The van der Waals surface area contributed by atoms with E-state index in [4.69, 9.17) is 5.26 Å². The Hall–Kier alpha value is -2.69.